The first-order valence-electron chi connectivity index (χ1n) is 13.4. The van der Waals surface area contributed by atoms with Crippen molar-refractivity contribution in [1.82, 2.24) is 29.1 Å². The van der Waals surface area contributed by atoms with E-state index in [1.807, 2.05) is 77.5 Å². The lowest BCUT2D eigenvalue weighted by atomic mass is 10.1. The van der Waals surface area contributed by atoms with Crippen LogP contribution in [-0.2, 0) is 0 Å². The standard InChI is InChI=1S/C34H20N6O/c1-2-10-21(11-3-1)31-36-33(39-26-15-7-4-12-22(26)23-13-5-8-16-27(23)39)38-34(37-31)40-28-18-19-35-20-25(28)30-24-14-6-9-17-29(24)41-32(30)40/h1-20H. The molecule has 0 aliphatic heterocycles. The van der Waals surface area contributed by atoms with Crippen LogP contribution >= 0.6 is 0 Å². The van der Waals surface area contributed by atoms with E-state index < -0.39 is 0 Å². The van der Waals surface area contributed by atoms with Gasteiger partial charge in [0.15, 0.2) is 5.82 Å². The smallest absolute Gasteiger partial charge is 0.242 e. The maximum absolute atomic E-state index is 6.47. The third kappa shape index (κ3) is 3.14. The van der Waals surface area contributed by atoms with Crippen LogP contribution in [0.3, 0.4) is 0 Å². The largest absolute Gasteiger partial charge is 0.439 e. The second-order valence-corrected chi connectivity index (χ2v) is 10.0. The molecule has 9 rings (SSSR count). The fourth-order valence-electron chi connectivity index (χ4n) is 5.94. The summed E-state index contributed by atoms with van der Waals surface area (Å²) in [7, 11) is 0. The molecule has 7 nitrogen and oxygen atoms in total. The quantitative estimate of drug-likeness (QED) is 0.233. The average Bonchev–Trinajstić information content (AvgIpc) is 3.68. The number of nitrogens with zero attached hydrogens (tertiary/aromatic N) is 6. The van der Waals surface area contributed by atoms with Crippen LogP contribution in [0.4, 0.5) is 0 Å². The topological polar surface area (TPSA) is 74.6 Å². The van der Waals surface area contributed by atoms with E-state index >= 15 is 0 Å². The first-order valence-corrected chi connectivity index (χ1v) is 13.4. The maximum Gasteiger partial charge on any atom is 0.242 e. The summed E-state index contributed by atoms with van der Waals surface area (Å²) in [6, 6.07) is 36.7. The Balaban J connectivity index is 1.43. The first kappa shape index (κ1) is 22.0. The molecule has 0 unspecified atom stereocenters. The maximum atomic E-state index is 6.47. The monoisotopic (exact) mass is 528 g/mol. The molecule has 5 heterocycles. The minimum atomic E-state index is 0.473. The lowest BCUT2D eigenvalue weighted by Gasteiger charge is -2.11. The summed E-state index contributed by atoms with van der Waals surface area (Å²) < 4.78 is 10.6. The predicted molar refractivity (Wildman–Crippen MR) is 162 cm³/mol. The highest BCUT2D eigenvalue weighted by molar-refractivity contribution is 6.19. The second-order valence-electron chi connectivity index (χ2n) is 10.0. The Kier molecular flexibility index (Phi) is 4.48. The molecule has 7 heteroatoms. The van der Waals surface area contributed by atoms with Crippen molar-refractivity contribution in [2.75, 3.05) is 0 Å². The molecule has 192 valence electrons. The van der Waals surface area contributed by atoms with Gasteiger partial charge in [0.1, 0.15) is 5.58 Å². The van der Waals surface area contributed by atoms with Crippen LogP contribution in [-0.4, -0.2) is 29.1 Å². The van der Waals surface area contributed by atoms with Gasteiger partial charge < -0.3 is 4.42 Å². The molecule has 4 aromatic carbocycles. The number of hydrogen-bond donors (Lipinski definition) is 0. The van der Waals surface area contributed by atoms with Crippen LogP contribution in [0.5, 0.6) is 0 Å². The third-order valence-electron chi connectivity index (χ3n) is 7.71. The Morgan fingerprint density at radius 1 is 0.512 bits per heavy atom. The van der Waals surface area contributed by atoms with Crippen LogP contribution in [0.15, 0.2) is 126 Å². The van der Waals surface area contributed by atoms with Gasteiger partial charge in [0.25, 0.3) is 0 Å². The van der Waals surface area contributed by atoms with Crippen molar-refractivity contribution < 1.29 is 4.42 Å². The molecule has 0 amide bonds. The minimum Gasteiger partial charge on any atom is -0.439 e. The van der Waals surface area contributed by atoms with E-state index in [0.29, 0.717) is 23.4 Å². The Bertz CT molecular complexity index is 2380. The SMILES string of the molecule is c1ccc(-c2nc(-n3c4ccccc4c4ccccc43)nc(-n3c4ccncc4c4c5ccccc5oc43)n2)cc1. The first-order chi connectivity index (χ1) is 20.3. The number of fused-ring (bicyclic) bond motifs is 8. The predicted octanol–water partition coefficient (Wildman–Crippen LogP) is 7.87. The lowest BCUT2D eigenvalue weighted by Crippen LogP contribution is -2.10. The molecule has 0 aliphatic rings. The number of rotatable bonds is 3. The molecule has 5 aromatic heterocycles. The van der Waals surface area contributed by atoms with E-state index in [-0.39, 0.29) is 0 Å². The lowest BCUT2D eigenvalue weighted by molar-refractivity contribution is 0.640. The van der Waals surface area contributed by atoms with Gasteiger partial charge in [-0.25, -0.2) is 4.57 Å². The summed E-state index contributed by atoms with van der Waals surface area (Å²) in [6.07, 6.45) is 3.66. The van der Waals surface area contributed by atoms with Gasteiger partial charge in [0.2, 0.25) is 17.6 Å². The molecule has 0 N–H and O–H groups in total. The molecule has 0 bridgehead atoms. The van der Waals surface area contributed by atoms with Gasteiger partial charge in [0.05, 0.1) is 21.9 Å². The number of benzene rings is 4. The molecule has 0 atom stereocenters. The van der Waals surface area contributed by atoms with Crippen LogP contribution in [0, 0.1) is 0 Å². The van der Waals surface area contributed by atoms with Gasteiger partial charge in [-0.1, -0.05) is 84.9 Å². The van der Waals surface area contributed by atoms with Crippen LogP contribution in [0.25, 0.3) is 78.1 Å². The Morgan fingerprint density at radius 2 is 1.12 bits per heavy atom. The molecule has 0 saturated heterocycles. The van der Waals surface area contributed by atoms with E-state index in [9.17, 15) is 0 Å². The van der Waals surface area contributed by atoms with Crippen molar-refractivity contribution in [3.63, 3.8) is 0 Å². The van der Waals surface area contributed by atoms with E-state index in [4.69, 9.17) is 19.4 Å². The summed E-state index contributed by atoms with van der Waals surface area (Å²) in [5.41, 5.74) is 5.35. The molecule has 0 saturated carbocycles. The Hall–Kier alpha value is -5.82. The van der Waals surface area contributed by atoms with Crippen molar-refractivity contribution in [2.24, 2.45) is 0 Å². The van der Waals surface area contributed by atoms with Crippen LogP contribution < -0.4 is 0 Å². The van der Waals surface area contributed by atoms with E-state index in [2.05, 4.69) is 52.0 Å². The fourth-order valence-corrected chi connectivity index (χ4v) is 5.94. The number of hydrogen-bond acceptors (Lipinski definition) is 5. The van der Waals surface area contributed by atoms with Crippen molar-refractivity contribution in [2.45, 2.75) is 0 Å². The van der Waals surface area contributed by atoms with Gasteiger partial charge in [-0.3, -0.25) is 9.55 Å². The third-order valence-corrected chi connectivity index (χ3v) is 7.71. The zero-order valence-electron chi connectivity index (χ0n) is 21.6. The Morgan fingerprint density at radius 3 is 1.88 bits per heavy atom. The normalized spacial score (nSPS) is 11.9. The summed E-state index contributed by atoms with van der Waals surface area (Å²) in [5, 5.41) is 5.28. The molecule has 0 spiro atoms. The minimum absolute atomic E-state index is 0.473. The molecule has 0 fully saturated rings. The van der Waals surface area contributed by atoms with Crippen molar-refractivity contribution >= 4 is 54.8 Å². The molecular formula is C34H20N6O. The van der Waals surface area contributed by atoms with E-state index in [1.54, 1.807) is 6.20 Å². The van der Waals surface area contributed by atoms with E-state index in [1.165, 1.54) is 0 Å². The highest BCUT2D eigenvalue weighted by Crippen LogP contribution is 2.38. The number of furan rings is 1. The molecular weight excluding hydrogens is 508 g/mol. The number of aromatic nitrogens is 6. The van der Waals surface area contributed by atoms with Gasteiger partial charge in [0, 0.05) is 39.5 Å². The van der Waals surface area contributed by atoms with Gasteiger partial charge in [-0.2, -0.15) is 15.0 Å². The van der Waals surface area contributed by atoms with Gasteiger partial charge in [-0.15, -0.1) is 0 Å². The number of para-hydroxylation sites is 3. The van der Waals surface area contributed by atoms with Crippen molar-refractivity contribution in [1.29, 1.82) is 0 Å². The second kappa shape index (κ2) is 8.34. The highest BCUT2D eigenvalue weighted by Gasteiger charge is 2.23. The summed E-state index contributed by atoms with van der Waals surface area (Å²) >= 11 is 0. The van der Waals surface area contributed by atoms with E-state index in [0.717, 1.165) is 54.6 Å². The van der Waals surface area contributed by atoms with Crippen LogP contribution in [0.1, 0.15) is 0 Å². The highest BCUT2D eigenvalue weighted by atomic mass is 16.3. The van der Waals surface area contributed by atoms with Crippen LogP contribution in [0.2, 0.25) is 0 Å². The van der Waals surface area contributed by atoms with Crippen molar-refractivity contribution in [3.8, 4) is 23.3 Å². The molecule has 41 heavy (non-hydrogen) atoms. The summed E-state index contributed by atoms with van der Waals surface area (Å²) in [4.78, 5) is 19.7. The average molecular weight is 529 g/mol. The zero-order chi connectivity index (χ0) is 26.9. The van der Waals surface area contributed by atoms with Gasteiger partial charge >= 0.3 is 0 Å². The fraction of sp³-hybridized carbons (Fsp3) is 0. The summed E-state index contributed by atoms with van der Waals surface area (Å²) in [6.45, 7) is 0. The Labute approximate surface area is 233 Å². The number of pyridine rings is 1. The molecule has 0 aliphatic carbocycles. The van der Waals surface area contributed by atoms with Crippen molar-refractivity contribution in [3.05, 3.63) is 122 Å². The zero-order valence-corrected chi connectivity index (χ0v) is 21.6. The molecule has 9 aromatic rings. The summed E-state index contributed by atoms with van der Waals surface area (Å²) in [5.74, 6) is 1.58. The molecule has 0 radical (unpaired) electrons. The van der Waals surface area contributed by atoms with Gasteiger partial charge in [-0.05, 0) is 24.3 Å².